The minimum Gasteiger partial charge on any atom is -0.322 e. The Bertz CT molecular complexity index is 891. The number of benzene rings is 1. The zero-order chi connectivity index (χ0) is 14.2. The van der Waals surface area contributed by atoms with E-state index in [1.54, 1.807) is 18.0 Å². The largest absolute Gasteiger partial charge is 0.322 e. The number of fused-ring (bicyclic) bond motifs is 2. The van der Waals surface area contributed by atoms with Crippen molar-refractivity contribution in [1.29, 1.82) is 0 Å². The van der Waals surface area contributed by atoms with E-state index in [-0.39, 0.29) is 0 Å². The highest BCUT2D eigenvalue weighted by atomic mass is 32.2. The number of thioether (sulfide) groups is 1. The Morgan fingerprint density at radius 1 is 1.14 bits per heavy atom. The van der Waals surface area contributed by atoms with Gasteiger partial charge >= 0.3 is 0 Å². The first kappa shape index (κ1) is 12.4. The Morgan fingerprint density at radius 2 is 2.05 bits per heavy atom. The Morgan fingerprint density at radius 3 is 2.90 bits per heavy atom. The van der Waals surface area contributed by atoms with Gasteiger partial charge in [-0.1, -0.05) is 23.9 Å². The lowest BCUT2D eigenvalue weighted by atomic mass is 10.3. The van der Waals surface area contributed by atoms with Crippen LogP contribution in [0.25, 0.3) is 16.8 Å². The highest BCUT2D eigenvalue weighted by Crippen LogP contribution is 2.25. The molecule has 5 nitrogen and oxygen atoms in total. The van der Waals surface area contributed by atoms with Crippen LogP contribution in [0.2, 0.25) is 0 Å². The molecule has 0 saturated heterocycles. The van der Waals surface area contributed by atoms with Crippen LogP contribution >= 0.6 is 11.8 Å². The van der Waals surface area contributed by atoms with Crippen LogP contribution in [0.4, 0.5) is 0 Å². The summed E-state index contributed by atoms with van der Waals surface area (Å²) >= 11 is 1.69. The normalized spacial score (nSPS) is 11.5. The summed E-state index contributed by atoms with van der Waals surface area (Å²) in [5.74, 6) is 1.51. The molecule has 0 bridgehead atoms. The molecule has 0 radical (unpaired) electrons. The van der Waals surface area contributed by atoms with Crippen LogP contribution in [0.15, 0.2) is 54.1 Å². The number of hydrogen-bond donors (Lipinski definition) is 0. The van der Waals surface area contributed by atoms with Gasteiger partial charge in [0.05, 0.1) is 16.7 Å². The first-order chi connectivity index (χ1) is 10.3. The summed E-state index contributed by atoms with van der Waals surface area (Å²) in [7, 11) is 2.04. The van der Waals surface area contributed by atoms with Crippen molar-refractivity contribution in [1.82, 2.24) is 23.9 Å². The zero-order valence-electron chi connectivity index (χ0n) is 11.5. The van der Waals surface area contributed by atoms with E-state index in [1.165, 1.54) is 0 Å². The molecule has 0 spiro atoms. The maximum Gasteiger partial charge on any atom is 0.233 e. The van der Waals surface area contributed by atoms with E-state index >= 15 is 0 Å². The third-order valence-electron chi connectivity index (χ3n) is 3.38. The fraction of sp³-hybridized carbons (Fsp3) is 0.133. The van der Waals surface area contributed by atoms with Crippen molar-refractivity contribution in [2.75, 3.05) is 0 Å². The van der Waals surface area contributed by atoms with Gasteiger partial charge in [-0.15, -0.1) is 0 Å². The maximum atomic E-state index is 4.66. The van der Waals surface area contributed by atoms with Crippen LogP contribution in [0.5, 0.6) is 0 Å². The van der Waals surface area contributed by atoms with E-state index in [0.29, 0.717) is 0 Å². The number of aryl methyl sites for hydroxylation is 1. The van der Waals surface area contributed by atoms with Crippen molar-refractivity contribution in [3.63, 3.8) is 0 Å². The molecule has 0 unspecified atom stereocenters. The summed E-state index contributed by atoms with van der Waals surface area (Å²) in [6, 6.07) is 10.1. The third kappa shape index (κ3) is 2.17. The topological polar surface area (TPSA) is 48.0 Å². The van der Waals surface area contributed by atoms with E-state index < -0.39 is 0 Å². The van der Waals surface area contributed by atoms with Gasteiger partial charge in [0.25, 0.3) is 0 Å². The number of para-hydroxylation sites is 2. The highest BCUT2D eigenvalue weighted by Gasteiger charge is 2.09. The van der Waals surface area contributed by atoms with Crippen LogP contribution in [0.1, 0.15) is 5.69 Å². The molecule has 0 N–H and O–H groups in total. The molecule has 0 aliphatic heterocycles. The SMILES string of the molecule is Cn1c(SCc2cn3cccnc3n2)nc2ccccc21. The summed E-state index contributed by atoms with van der Waals surface area (Å²) < 4.78 is 4.05. The van der Waals surface area contributed by atoms with Gasteiger partial charge in [0.2, 0.25) is 5.78 Å². The Kier molecular flexibility index (Phi) is 2.89. The summed E-state index contributed by atoms with van der Waals surface area (Å²) in [6.07, 6.45) is 5.72. The molecule has 0 atom stereocenters. The van der Waals surface area contributed by atoms with Gasteiger partial charge in [-0.2, -0.15) is 0 Å². The molecule has 0 aliphatic rings. The van der Waals surface area contributed by atoms with Crippen molar-refractivity contribution < 1.29 is 0 Å². The van der Waals surface area contributed by atoms with Crippen molar-refractivity contribution in [3.8, 4) is 0 Å². The Balaban J connectivity index is 1.61. The molecule has 4 rings (SSSR count). The molecular formula is C15H13N5S. The van der Waals surface area contributed by atoms with Gasteiger partial charge in [0.15, 0.2) is 5.16 Å². The van der Waals surface area contributed by atoms with Gasteiger partial charge in [0, 0.05) is 31.4 Å². The predicted octanol–water partition coefficient (Wildman–Crippen LogP) is 2.91. The Hall–Kier alpha value is -2.34. The first-order valence-corrected chi connectivity index (χ1v) is 7.63. The number of hydrogen-bond acceptors (Lipinski definition) is 4. The van der Waals surface area contributed by atoms with Gasteiger partial charge in [-0.25, -0.2) is 15.0 Å². The summed E-state index contributed by atoms with van der Waals surface area (Å²) in [5.41, 5.74) is 3.18. The number of imidazole rings is 2. The highest BCUT2D eigenvalue weighted by molar-refractivity contribution is 7.98. The van der Waals surface area contributed by atoms with Crippen LogP contribution in [-0.4, -0.2) is 23.9 Å². The number of rotatable bonds is 3. The molecule has 0 fully saturated rings. The quantitative estimate of drug-likeness (QED) is 0.545. The third-order valence-corrected chi connectivity index (χ3v) is 4.44. The zero-order valence-corrected chi connectivity index (χ0v) is 12.3. The molecule has 1 aromatic carbocycles. The van der Waals surface area contributed by atoms with Crippen LogP contribution in [-0.2, 0) is 12.8 Å². The fourth-order valence-electron chi connectivity index (χ4n) is 2.34. The lowest BCUT2D eigenvalue weighted by Gasteiger charge is -1.99. The lowest BCUT2D eigenvalue weighted by molar-refractivity contribution is 0.814. The van der Waals surface area contributed by atoms with E-state index in [2.05, 4.69) is 25.6 Å². The molecule has 0 saturated carbocycles. The minimum absolute atomic E-state index is 0.734. The first-order valence-electron chi connectivity index (χ1n) is 6.64. The number of nitrogens with zero attached hydrogens (tertiary/aromatic N) is 5. The average Bonchev–Trinajstić information content (AvgIpc) is 3.07. The molecule has 21 heavy (non-hydrogen) atoms. The molecule has 0 amide bonds. The van der Waals surface area contributed by atoms with E-state index in [9.17, 15) is 0 Å². The van der Waals surface area contributed by atoms with E-state index in [1.807, 2.05) is 48.1 Å². The summed E-state index contributed by atoms with van der Waals surface area (Å²) in [6.45, 7) is 0. The second kappa shape index (κ2) is 4.89. The minimum atomic E-state index is 0.734. The van der Waals surface area contributed by atoms with E-state index in [0.717, 1.165) is 33.4 Å². The molecule has 3 heterocycles. The summed E-state index contributed by atoms with van der Waals surface area (Å²) in [4.78, 5) is 13.4. The fourth-order valence-corrected chi connectivity index (χ4v) is 3.21. The lowest BCUT2D eigenvalue weighted by Crippen LogP contribution is -1.91. The van der Waals surface area contributed by atoms with Crippen molar-refractivity contribution in [2.24, 2.45) is 7.05 Å². The molecule has 3 aromatic heterocycles. The van der Waals surface area contributed by atoms with Gasteiger partial charge in [0.1, 0.15) is 0 Å². The molecule has 104 valence electrons. The van der Waals surface area contributed by atoms with Gasteiger partial charge in [-0.3, -0.25) is 4.40 Å². The maximum absolute atomic E-state index is 4.66. The monoisotopic (exact) mass is 295 g/mol. The molecule has 0 aliphatic carbocycles. The van der Waals surface area contributed by atoms with Crippen LogP contribution in [0.3, 0.4) is 0 Å². The molecule has 6 heteroatoms. The molecular weight excluding hydrogens is 282 g/mol. The standard InChI is InChI=1S/C15H13N5S/c1-19-13-6-3-2-5-12(13)18-15(19)21-10-11-9-20-8-4-7-16-14(20)17-11/h2-9H,10H2,1H3. The van der Waals surface area contributed by atoms with Crippen molar-refractivity contribution >= 4 is 28.6 Å². The average molecular weight is 295 g/mol. The van der Waals surface area contributed by atoms with Crippen LogP contribution < -0.4 is 0 Å². The number of aromatic nitrogens is 5. The smallest absolute Gasteiger partial charge is 0.233 e. The van der Waals surface area contributed by atoms with Crippen LogP contribution in [0, 0.1) is 0 Å². The second-order valence-corrected chi connectivity index (χ2v) is 5.73. The second-order valence-electron chi connectivity index (χ2n) is 4.79. The Labute approximate surface area is 125 Å². The predicted molar refractivity (Wildman–Crippen MR) is 83.3 cm³/mol. The van der Waals surface area contributed by atoms with Crippen molar-refractivity contribution in [3.05, 3.63) is 54.6 Å². The summed E-state index contributed by atoms with van der Waals surface area (Å²) in [5, 5.41) is 1.00. The molecule has 4 aromatic rings. The van der Waals surface area contributed by atoms with E-state index in [4.69, 9.17) is 0 Å². The van der Waals surface area contributed by atoms with Crippen molar-refractivity contribution in [2.45, 2.75) is 10.9 Å². The van der Waals surface area contributed by atoms with Gasteiger partial charge in [-0.05, 0) is 18.2 Å². The van der Waals surface area contributed by atoms with Gasteiger partial charge < -0.3 is 4.57 Å².